The second-order valence-corrected chi connectivity index (χ2v) is 8.56. The minimum atomic E-state index is -0.641. The van der Waals surface area contributed by atoms with Gasteiger partial charge in [0.05, 0.1) is 18.2 Å². The van der Waals surface area contributed by atoms with Crippen LogP contribution in [0.4, 0.5) is 21.0 Å². The molecular weight excluding hydrogens is 452 g/mol. The summed E-state index contributed by atoms with van der Waals surface area (Å²) in [7, 11) is 0. The van der Waals surface area contributed by atoms with Gasteiger partial charge in [-0.05, 0) is 68.5 Å². The molecule has 2 aromatic rings. The SMILES string of the molecule is CCCN1C(=O)NC(c2ccc(NC(=O)Nc3ccc(SC)cc3)cc2)C(C(=O)OCC)=C1C. The summed E-state index contributed by atoms with van der Waals surface area (Å²) in [5.41, 5.74) is 2.97. The number of esters is 1. The summed E-state index contributed by atoms with van der Waals surface area (Å²) in [6, 6.07) is 13.3. The largest absolute Gasteiger partial charge is 0.463 e. The van der Waals surface area contributed by atoms with E-state index in [4.69, 9.17) is 4.74 Å². The molecule has 0 spiro atoms. The van der Waals surface area contributed by atoms with Gasteiger partial charge in [-0.2, -0.15) is 0 Å². The Morgan fingerprint density at radius 2 is 1.62 bits per heavy atom. The molecule has 9 heteroatoms. The normalized spacial score (nSPS) is 15.6. The number of thioether (sulfide) groups is 1. The number of benzene rings is 2. The first kappa shape index (κ1) is 25.2. The van der Waals surface area contributed by atoms with Crippen molar-refractivity contribution in [2.75, 3.05) is 30.0 Å². The Labute approximate surface area is 204 Å². The molecule has 0 saturated heterocycles. The van der Waals surface area contributed by atoms with Crippen LogP contribution in [0.15, 0.2) is 64.7 Å². The van der Waals surface area contributed by atoms with Crippen LogP contribution in [0.3, 0.4) is 0 Å². The van der Waals surface area contributed by atoms with Gasteiger partial charge >= 0.3 is 18.0 Å². The van der Waals surface area contributed by atoms with Crippen LogP contribution in [0.1, 0.15) is 38.8 Å². The third kappa shape index (κ3) is 5.91. The average Bonchev–Trinajstić information content (AvgIpc) is 2.82. The van der Waals surface area contributed by atoms with E-state index in [-0.39, 0.29) is 18.7 Å². The third-order valence-corrected chi connectivity index (χ3v) is 6.13. The van der Waals surface area contributed by atoms with Gasteiger partial charge in [0.15, 0.2) is 0 Å². The molecule has 3 rings (SSSR count). The maximum absolute atomic E-state index is 12.8. The van der Waals surface area contributed by atoms with Crippen molar-refractivity contribution in [3.63, 3.8) is 0 Å². The summed E-state index contributed by atoms with van der Waals surface area (Å²) >= 11 is 1.63. The maximum atomic E-state index is 12.8. The van der Waals surface area contributed by atoms with E-state index in [0.717, 1.165) is 11.3 Å². The maximum Gasteiger partial charge on any atom is 0.338 e. The fourth-order valence-electron chi connectivity index (χ4n) is 3.72. The van der Waals surface area contributed by atoms with Crippen molar-refractivity contribution >= 4 is 41.2 Å². The summed E-state index contributed by atoms with van der Waals surface area (Å²) in [6.07, 6.45) is 2.75. The number of hydrogen-bond acceptors (Lipinski definition) is 5. The van der Waals surface area contributed by atoms with Gasteiger partial charge in [-0.3, -0.25) is 4.90 Å². The smallest absolute Gasteiger partial charge is 0.338 e. The van der Waals surface area contributed by atoms with Gasteiger partial charge in [-0.25, -0.2) is 14.4 Å². The molecule has 0 bridgehead atoms. The van der Waals surface area contributed by atoms with Gasteiger partial charge < -0.3 is 20.7 Å². The van der Waals surface area contributed by atoms with Gasteiger partial charge in [0.2, 0.25) is 0 Å². The Balaban J connectivity index is 1.76. The van der Waals surface area contributed by atoms with Crippen molar-refractivity contribution in [1.29, 1.82) is 0 Å². The average molecular weight is 483 g/mol. The highest BCUT2D eigenvalue weighted by Crippen LogP contribution is 2.32. The van der Waals surface area contributed by atoms with Crippen molar-refractivity contribution in [3.05, 3.63) is 65.4 Å². The molecule has 1 atom stereocenters. The molecule has 0 fully saturated rings. The number of rotatable bonds is 8. The van der Waals surface area contributed by atoms with Gasteiger partial charge in [-0.1, -0.05) is 19.1 Å². The van der Waals surface area contributed by atoms with E-state index in [1.54, 1.807) is 54.8 Å². The number of ether oxygens (including phenoxy) is 1. The first-order valence-corrected chi connectivity index (χ1v) is 12.4. The minimum absolute atomic E-state index is 0.238. The molecule has 1 heterocycles. The molecule has 180 valence electrons. The molecule has 8 nitrogen and oxygen atoms in total. The van der Waals surface area contributed by atoms with Gasteiger partial charge in [0.25, 0.3) is 0 Å². The summed E-state index contributed by atoms with van der Waals surface area (Å²) in [5.74, 6) is -0.458. The molecule has 2 aromatic carbocycles. The summed E-state index contributed by atoms with van der Waals surface area (Å²) in [5, 5.41) is 8.50. The van der Waals surface area contributed by atoms with E-state index in [1.165, 1.54) is 0 Å². The molecule has 1 aliphatic heterocycles. The highest BCUT2D eigenvalue weighted by molar-refractivity contribution is 7.98. The number of carbonyl (C=O) groups is 3. The van der Waals surface area contributed by atoms with Crippen LogP contribution in [0.25, 0.3) is 0 Å². The lowest BCUT2D eigenvalue weighted by molar-refractivity contribution is -0.139. The molecular formula is C25H30N4O4S. The quantitative estimate of drug-likeness (QED) is 0.347. The summed E-state index contributed by atoms with van der Waals surface area (Å²) in [4.78, 5) is 40.5. The number of urea groups is 2. The van der Waals surface area contributed by atoms with Crippen molar-refractivity contribution in [1.82, 2.24) is 10.2 Å². The highest BCUT2D eigenvalue weighted by atomic mass is 32.2. The van der Waals surface area contributed by atoms with Crippen LogP contribution in [0, 0.1) is 0 Å². The number of carbonyl (C=O) groups excluding carboxylic acids is 3. The molecule has 34 heavy (non-hydrogen) atoms. The third-order valence-electron chi connectivity index (χ3n) is 5.39. The number of nitrogens with one attached hydrogen (secondary N) is 3. The Hall–Kier alpha value is -3.46. The van der Waals surface area contributed by atoms with Crippen molar-refractivity contribution in [2.24, 2.45) is 0 Å². The van der Waals surface area contributed by atoms with Crippen LogP contribution in [-0.4, -0.2) is 42.3 Å². The zero-order valence-corrected chi connectivity index (χ0v) is 20.6. The van der Waals surface area contributed by atoms with E-state index < -0.39 is 12.0 Å². The Kier molecular flexibility index (Phi) is 8.59. The van der Waals surface area contributed by atoms with Crippen molar-refractivity contribution < 1.29 is 19.1 Å². The lowest BCUT2D eigenvalue weighted by atomic mass is 9.94. The Bertz CT molecular complexity index is 1070. The van der Waals surface area contributed by atoms with Gasteiger partial charge in [0.1, 0.15) is 0 Å². The second kappa shape index (κ2) is 11.6. The van der Waals surface area contributed by atoms with Crippen molar-refractivity contribution in [2.45, 2.75) is 38.1 Å². The van der Waals surface area contributed by atoms with Crippen molar-refractivity contribution in [3.8, 4) is 0 Å². The van der Waals surface area contributed by atoms with E-state index >= 15 is 0 Å². The summed E-state index contributed by atoms with van der Waals surface area (Å²) in [6.45, 7) is 6.22. The van der Waals surface area contributed by atoms with Gasteiger partial charge in [0, 0.05) is 28.5 Å². The lowest BCUT2D eigenvalue weighted by Crippen LogP contribution is -2.48. The summed E-state index contributed by atoms with van der Waals surface area (Å²) < 4.78 is 5.27. The van der Waals surface area contributed by atoms with Crippen LogP contribution < -0.4 is 16.0 Å². The van der Waals surface area contributed by atoms with Crippen LogP contribution in [0.5, 0.6) is 0 Å². The highest BCUT2D eigenvalue weighted by Gasteiger charge is 2.36. The second-order valence-electron chi connectivity index (χ2n) is 7.68. The van der Waals surface area contributed by atoms with Gasteiger partial charge in [-0.15, -0.1) is 11.8 Å². The van der Waals surface area contributed by atoms with Crippen LogP contribution in [-0.2, 0) is 9.53 Å². The Morgan fingerprint density at radius 3 is 2.15 bits per heavy atom. The minimum Gasteiger partial charge on any atom is -0.463 e. The number of amides is 4. The standard InChI is InChI=1S/C25H30N4O4S/c1-5-15-29-16(3)21(23(30)33-6-2)22(28-25(29)32)17-7-9-18(10-8-17)26-24(31)27-19-11-13-20(34-4)14-12-19/h7-14,22H,5-6,15H2,1-4H3,(H,28,32)(H2,26,27,31). The van der Waals surface area contributed by atoms with Crippen LogP contribution >= 0.6 is 11.8 Å². The molecule has 4 amide bonds. The fraction of sp³-hybridized carbons (Fsp3) is 0.320. The topological polar surface area (TPSA) is 99.8 Å². The number of hydrogen-bond donors (Lipinski definition) is 3. The number of anilines is 2. The van der Waals surface area contributed by atoms with E-state index in [1.807, 2.05) is 37.4 Å². The predicted molar refractivity (Wildman–Crippen MR) is 135 cm³/mol. The molecule has 0 aliphatic carbocycles. The Morgan fingerprint density at radius 1 is 1.03 bits per heavy atom. The molecule has 0 saturated carbocycles. The lowest BCUT2D eigenvalue weighted by Gasteiger charge is -2.35. The fourth-order valence-corrected chi connectivity index (χ4v) is 4.13. The monoisotopic (exact) mass is 482 g/mol. The molecule has 3 N–H and O–H groups in total. The predicted octanol–water partition coefficient (Wildman–Crippen LogP) is 5.37. The van der Waals surface area contributed by atoms with E-state index in [2.05, 4.69) is 16.0 Å². The van der Waals surface area contributed by atoms with Crippen LogP contribution in [0.2, 0.25) is 0 Å². The first-order valence-electron chi connectivity index (χ1n) is 11.2. The molecule has 0 radical (unpaired) electrons. The zero-order chi connectivity index (χ0) is 24.7. The number of allylic oxidation sites excluding steroid dienone is 1. The first-order chi connectivity index (χ1) is 16.4. The molecule has 0 aromatic heterocycles. The molecule has 1 unspecified atom stereocenters. The zero-order valence-electron chi connectivity index (χ0n) is 19.8. The van der Waals surface area contributed by atoms with E-state index in [0.29, 0.717) is 34.8 Å². The molecule has 1 aliphatic rings. The number of nitrogens with zero attached hydrogens (tertiary/aromatic N) is 1. The van der Waals surface area contributed by atoms with E-state index in [9.17, 15) is 14.4 Å².